The maximum absolute atomic E-state index is 5.46. The highest BCUT2D eigenvalue weighted by Gasteiger charge is 2.26. The van der Waals surface area contributed by atoms with Crippen LogP contribution in [0.1, 0.15) is 25.5 Å². The molecular weight excluding hydrogens is 290 g/mol. The molecule has 4 rings (SSSR count). The molecular formula is C17H25N5O. The Morgan fingerprint density at radius 2 is 2.09 bits per heavy atom. The van der Waals surface area contributed by atoms with E-state index >= 15 is 0 Å². The fourth-order valence-electron chi connectivity index (χ4n) is 3.24. The van der Waals surface area contributed by atoms with Crippen LogP contribution in [-0.4, -0.2) is 54.3 Å². The van der Waals surface area contributed by atoms with Crippen molar-refractivity contribution in [3.63, 3.8) is 0 Å². The summed E-state index contributed by atoms with van der Waals surface area (Å²) in [6, 6.07) is 2.17. The molecule has 0 amide bonds. The summed E-state index contributed by atoms with van der Waals surface area (Å²) in [4.78, 5) is 17.8. The van der Waals surface area contributed by atoms with Crippen LogP contribution in [0.5, 0.6) is 0 Å². The first-order chi connectivity index (χ1) is 11.2. The van der Waals surface area contributed by atoms with Gasteiger partial charge in [-0.2, -0.15) is 9.97 Å². The third-order valence-corrected chi connectivity index (χ3v) is 4.74. The van der Waals surface area contributed by atoms with Gasteiger partial charge in [-0.05, 0) is 38.7 Å². The van der Waals surface area contributed by atoms with Gasteiger partial charge in [-0.25, -0.2) is 0 Å². The van der Waals surface area contributed by atoms with Gasteiger partial charge in [0.05, 0.1) is 18.6 Å². The number of aromatic nitrogens is 3. The highest BCUT2D eigenvalue weighted by Crippen LogP contribution is 2.33. The normalized spacial score (nSPS) is 18.6. The third kappa shape index (κ3) is 3.00. The van der Waals surface area contributed by atoms with Crippen LogP contribution in [0.3, 0.4) is 0 Å². The van der Waals surface area contributed by atoms with Crippen molar-refractivity contribution in [2.45, 2.75) is 26.7 Å². The molecule has 1 saturated carbocycles. The molecule has 1 N–H and O–H groups in total. The summed E-state index contributed by atoms with van der Waals surface area (Å²) < 4.78 is 5.46. The van der Waals surface area contributed by atoms with E-state index in [0.29, 0.717) is 0 Å². The van der Waals surface area contributed by atoms with Crippen LogP contribution in [-0.2, 0) is 4.74 Å². The number of morpholine rings is 1. The van der Waals surface area contributed by atoms with Gasteiger partial charge in [-0.15, -0.1) is 0 Å². The van der Waals surface area contributed by atoms with E-state index in [1.54, 1.807) is 0 Å². The summed E-state index contributed by atoms with van der Waals surface area (Å²) in [7, 11) is 0. The number of aromatic amines is 1. The molecule has 23 heavy (non-hydrogen) atoms. The molecule has 2 aromatic heterocycles. The third-order valence-electron chi connectivity index (χ3n) is 4.74. The van der Waals surface area contributed by atoms with Crippen molar-refractivity contribution in [3.05, 3.63) is 11.8 Å². The Bertz CT molecular complexity index is 688. The summed E-state index contributed by atoms with van der Waals surface area (Å²) in [5, 5.41) is 1.14. The van der Waals surface area contributed by atoms with E-state index in [-0.39, 0.29) is 0 Å². The van der Waals surface area contributed by atoms with Gasteiger partial charge in [0.2, 0.25) is 5.95 Å². The molecule has 6 heteroatoms. The van der Waals surface area contributed by atoms with E-state index in [1.807, 2.05) is 0 Å². The highest BCUT2D eigenvalue weighted by atomic mass is 16.5. The number of hydrogen-bond donors (Lipinski definition) is 1. The Morgan fingerprint density at radius 3 is 2.78 bits per heavy atom. The van der Waals surface area contributed by atoms with Crippen molar-refractivity contribution in [2.75, 3.05) is 49.2 Å². The predicted molar refractivity (Wildman–Crippen MR) is 92.3 cm³/mol. The summed E-state index contributed by atoms with van der Waals surface area (Å²) in [6.07, 6.45) is 2.71. The highest BCUT2D eigenvalue weighted by molar-refractivity contribution is 5.89. The van der Waals surface area contributed by atoms with Gasteiger partial charge in [0.1, 0.15) is 11.5 Å². The second-order valence-corrected chi connectivity index (χ2v) is 6.64. The predicted octanol–water partition coefficient (Wildman–Crippen LogP) is 2.34. The van der Waals surface area contributed by atoms with Gasteiger partial charge in [0, 0.05) is 31.9 Å². The lowest BCUT2D eigenvalue weighted by Gasteiger charge is -2.29. The summed E-state index contributed by atoms with van der Waals surface area (Å²) in [5.74, 6) is 2.74. The molecule has 6 nitrogen and oxygen atoms in total. The molecule has 1 aliphatic carbocycles. The summed E-state index contributed by atoms with van der Waals surface area (Å²) in [6.45, 7) is 9.60. The zero-order chi connectivity index (χ0) is 15.8. The largest absolute Gasteiger partial charge is 0.378 e. The summed E-state index contributed by atoms with van der Waals surface area (Å²) >= 11 is 0. The number of nitrogens with one attached hydrogen (secondary N) is 1. The van der Waals surface area contributed by atoms with E-state index in [2.05, 4.69) is 34.7 Å². The lowest BCUT2D eigenvalue weighted by molar-refractivity contribution is 0.122. The van der Waals surface area contributed by atoms with Crippen LogP contribution in [0.4, 0.5) is 11.8 Å². The molecule has 0 spiro atoms. The second-order valence-electron chi connectivity index (χ2n) is 6.64. The molecule has 0 bridgehead atoms. The molecule has 0 radical (unpaired) electrons. The molecule has 0 unspecified atom stereocenters. The zero-order valence-electron chi connectivity index (χ0n) is 14.0. The topological polar surface area (TPSA) is 57.3 Å². The van der Waals surface area contributed by atoms with E-state index in [9.17, 15) is 0 Å². The van der Waals surface area contributed by atoms with Crippen LogP contribution in [0.25, 0.3) is 11.0 Å². The fraction of sp³-hybridized carbons (Fsp3) is 0.647. The van der Waals surface area contributed by atoms with Crippen molar-refractivity contribution in [2.24, 2.45) is 5.92 Å². The standard InChI is InChI=1S/C17H25N5O/c1-3-21(11-13-4-5-13)16-14-10-12(2)18-15(14)19-17(20-16)22-6-8-23-9-7-22/h10,13H,3-9,11H2,1-2H3,(H,18,19,20). The Hall–Kier alpha value is -1.82. The average Bonchev–Trinajstić information content (AvgIpc) is 3.31. The SMILES string of the molecule is CCN(CC1CC1)c1nc(N2CCOCC2)nc2[nH]c(C)cc12. The van der Waals surface area contributed by atoms with Gasteiger partial charge >= 0.3 is 0 Å². The number of ether oxygens (including phenoxy) is 1. The van der Waals surface area contributed by atoms with Crippen molar-refractivity contribution in [1.82, 2.24) is 15.0 Å². The van der Waals surface area contributed by atoms with E-state index in [0.717, 1.165) is 73.8 Å². The lowest BCUT2D eigenvalue weighted by Crippen LogP contribution is -2.38. The van der Waals surface area contributed by atoms with Crippen LogP contribution in [0.2, 0.25) is 0 Å². The first-order valence-electron chi connectivity index (χ1n) is 8.69. The lowest BCUT2D eigenvalue weighted by atomic mass is 10.3. The minimum absolute atomic E-state index is 0.750. The number of H-pyrrole nitrogens is 1. The van der Waals surface area contributed by atoms with Gasteiger partial charge in [-0.1, -0.05) is 0 Å². The number of hydrogen-bond acceptors (Lipinski definition) is 5. The summed E-state index contributed by atoms with van der Waals surface area (Å²) in [5.41, 5.74) is 2.08. The molecule has 2 fully saturated rings. The van der Waals surface area contributed by atoms with E-state index < -0.39 is 0 Å². The van der Waals surface area contributed by atoms with E-state index in [4.69, 9.17) is 14.7 Å². The molecule has 2 aliphatic rings. The fourth-order valence-corrected chi connectivity index (χ4v) is 3.24. The Morgan fingerprint density at radius 1 is 1.30 bits per heavy atom. The molecule has 2 aromatic rings. The van der Waals surface area contributed by atoms with Crippen molar-refractivity contribution >= 4 is 22.8 Å². The molecule has 3 heterocycles. The first-order valence-corrected chi connectivity index (χ1v) is 8.69. The van der Waals surface area contributed by atoms with Gasteiger partial charge < -0.3 is 19.5 Å². The molecule has 0 atom stereocenters. The number of aryl methyl sites for hydroxylation is 1. The number of anilines is 2. The second kappa shape index (κ2) is 6.00. The van der Waals surface area contributed by atoms with Crippen molar-refractivity contribution in [3.8, 4) is 0 Å². The minimum Gasteiger partial charge on any atom is -0.378 e. The Labute approximate surface area is 136 Å². The average molecular weight is 315 g/mol. The first kappa shape index (κ1) is 14.8. The molecule has 1 saturated heterocycles. The molecule has 1 aliphatic heterocycles. The van der Waals surface area contributed by atoms with Crippen molar-refractivity contribution < 1.29 is 4.74 Å². The van der Waals surface area contributed by atoms with E-state index in [1.165, 1.54) is 12.8 Å². The molecule has 0 aromatic carbocycles. The van der Waals surface area contributed by atoms with Gasteiger partial charge in [0.25, 0.3) is 0 Å². The van der Waals surface area contributed by atoms with Crippen LogP contribution < -0.4 is 9.80 Å². The number of nitrogens with zero attached hydrogens (tertiary/aromatic N) is 4. The number of fused-ring (bicyclic) bond motifs is 1. The van der Waals surface area contributed by atoms with Gasteiger partial charge in [-0.3, -0.25) is 0 Å². The van der Waals surface area contributed by atoms with Gasteiger partial charge in [0.15, 0.2) is 0 Å². The number of rotatable bonds is 5. The molecule has 124 valence electrons. The van der Waals surface area contributed by atoms with Crippen molar-refractivity contribution in [1.29, 1.82) is 0 Å². The van der Waals surface area contributed by atoms with Crippen LogP contribution in [0.15, 0.2) is 6.07 Å². The Balaban J connectivity index is 1.75. The smallest absolute Gasteiger partial charge is 0.229 e. The van der Waals surface area contributed by atoms with Crippen LogP contribution in [0, 0.1) is 12.8 Å². The maximum Gasteiger partial charge on any atom is 0.229 e. The zero-order valence-corrected chi connectivity index (χ0v) is 14.0. The monoisotopic (exact) mass is 315 g/mol. The minimum atomic E-state index is 0.750. The maximum atomic E-state index is 5.46. The Kier molecular flexibility index (Phi) is 3.85. The quantitative estimate of drug-likeness (QED) is 0.918. The van der Waals surface area contributed by atoms with Crippen LogP contribution >= 0.6 is 0 Å².